The SMILES string of the molecule is CC1(C)[C@H](NC(=O)/C(=N\OC(COc2ccc(-c3cn(CCCN)c(N)n3)cc2)C(=O)O)c2csc(N)n2)C(=O)N1OS(=O)(=O)O. The van der Waals surface area contributed by atoms with Gasteiger partial charge in [-0.25, -0.2) is 14.8 Å². The summed E-state index contributed by atoms with van der Waals surface area (Å²) in [5.41, 5.74) is 16.5. The van der Waals surface area contributed by atoms with Crippen LogP contribution in [0.25, 0.3) is 11.3 Å². The number of benzene rings is 1. The number of hydrogen-bond acceptors (Lipinski definition) is 15. The average Bonchev–Trinajstić information content (AvgIpc) is 3.59. The number of aryl methyl sites for hydroxylation is 1. The maximum atomic E-state index is 13.2. The summed E-state index contributed by atoms with van der Waals surface area (Å²) in [4.78, 5) is 51.1. The summed E-state index contributed by atoms with van der Waals surface area (Å²) in [6.07, 6.45) is 0.832. The van der Waals surface area contributed by atoms with Gasteiger partial charge < -0.3 is 41.8 Å². The van der Waals surface area contributed by atoms with Crippen LogP contribution < -0.4 is 27.3 Å². The Labute approximate surface area is 265 Å². The van der Waals surface area contributed by atoms with Gasteiger partial charge in [0.25, 0.3) is 17.9 Å². The van der Waals surface area contributed by atoms with E-state index in [0.717, 1.165) is 23.3 Å². The highest BCUT2D eigenvalue weighted by molar-refractivity contribution is 7.80. The number of carbonyl (C=O) groups excluding carboxylic acids is 2. The van der Waals surface area contributed by atoms with E-state index in [1.54, 1.807) is 35.0 Å². The third-order valence-corrected chi connectivity index (χ3v) is 7.62. The second-order valence-electron chi connectivity index (χ2n) is 10.3. The molecule has 2 amide bonds. The van der Waals surface area contributed by atoms with Crippen LogP contribution in [-0.2, 0) is 40.4 Å². The van der Waals surface area contributed by atoms with Gasteiger partial charge in [-0.15, -0.1) is 15.6 Å². The molecule has 21 heteroatoms. The number of hydrogen-bond donors (Lipinski definition) is 6. The van der Waals surface area contributed by atoms with Crippen molar-refractivity contribution >= 4 is 56.3 Å². The zero-order valence-corrected chi connectivity index (χ0v) is 26.0. The Bertz CT molecular complexity index is 1740. The Hall–Kier alpha value is -4.83. The monoisotopic (exact) mass is 681 g/mol. The minimum Gasteiger partial charge on any atom is -0.489 e. The van der Waals surface area contributed by atoms with Gasteiger partial charge in [0.15, 0.2) is 10.8 Å². The summed E-state index contributed by atoms with van der Waals surface area (Å²) in [5.74, 6) is -2.86. The highest BCUT2D eigenvalue weighted by Gasteiger charge is 2.58. The first-order chi connectivity index (χ1) is 21.6. The Morgan fingerprint density at radius 2 is 1.91 bits per heavy atom. The number of thiazole rings is 1. The molecule has 0 saturated carbocycles. The van der Waals surface area contributed by atoms with Crippen LogP contribution >= 0.6 is 11.3 Å². The number of nitrogens with two attached hydrogens (primary N) is 3. The minimum absolute atomic E-state index is 0.0508. The minimum atomic E-state index is -5.02. The second-order valence-corrected chi connectivity index (χ2v) is 12.2. The lowest BCUT2D eigenvalue weighted by atomic mass is 9.84. The molecular weight excluding hydrogens is 650 g/mol. The van der Waals surface area contributed by atoms with Crippen molar-refractivity contribution in [2.24, 2.45) is 10.9 Å². The number of rotatable bonds is 15. The van der Waals surface area contributed by atoms with Crippen LogP contribution in [-0.4, -0.2) is 92.0 Å². The summed E-state index contributed by atoms with van der Waals surface area (Å²) in [6, 6.07) is 5.27. The van der Waals surface area contributed by atoms with Crippen LogP contribution in [0.15, 0.2) is 41.0 Å². The zero-order chi connectivity index (χ0) is 33.8. The number of nitrogen functional groups attached to an aromatic ring is 2. The van der Waals surface area contributed by atoms with E-state index in [0.29, 0.717) is 35.5 Å². The lowest BCUT2D eigenvalue weighted by molar-refractivity contribution is -0.218. The average molecular weight is 682 g/mol. The Morgan fingerprint density at radius 1 is 1.22 bits per heavy atom. The highest BCUT2D eigenvalue weighted by Crippen LogP contribution is 2.33. The Kier molecular flexibility index (Phi) is 10.1. The summed E-state index contributed by atoms with van der Waals surface area (Å²) in [6.45, 7) is 3.32. The van der Waals surface area contributed by atoms with Crippen LogP contribution in [0.2, 0.25) is 0 Å². The summed E-state index contributed by atoms with van der Waals surface area (Å²) in [7, 11) is -5.02. The van der Waals surface area contributed by atoms with Gasteiger partial charge in [-0.1, -0.05) is 5.16 Å². The molecule has 0 aliphatic carbocycles. The van der Waals surface area contributed by atoms with E-state index in [9.17, 15) is 27.9 Å². The van der Waals surface area contributed by atoms with Crippen molar-refractivity contribution in [2.75, 3.05) is 24.6 Å². The number of oxime groups is 1. The number of β-lactam (4-membered cyclic amide) rings is 1. The molecule has 3 aromatic rings. The van der Waals surface area contributed by atoms with Crippen molar-refractivity contribution in [1.82, 2.24) is 24.9 Å². The van der Waals surface area contributed by atoms with Crippen LogP contribution in [0.3, 0.4) is 0 Å². The van der Waals surface area contributed by atoms with Crippen molar-refractivity contribution < 1.29 is 46.3 Å². The number of carboxylic acids is 1. The van der Waals surface area contributed by atoms with Gasteiger partial charge in [-0.2, -0.15) is 13.5 Å². The molecule has 248 valence electrons. The van der Waals surface area contributed by atoms with Gasteiger partial charge >= 0.3 is 16.4 Å². The molecule has 2 aromatic heterocycles. The predicted octanol–water partition coefficient (Wildman–Crippen LogP) is -0.387. The Balaban J connectivity index is 1.44. The van der Waals surface area contributed by atoms with Crippen molar-refractivity contribution in [3.05, 3.63) is 41.5 Å². The molecule has 0 spiro atoms. The molecule has 9 N–H and O–H groups in total. The molecule has 19 nitrogen and oxygen atoms in total. The number of carbonyl (C=O) groups is 3. The smallest absolute Gasteiger partial charge is 0.418 e. The first-order valence-corrected chi connectivity index (χ1v) is 15.6. The lowest BCUT2D eigenvalue weighted by Gasteiger charge is -2.50. The molecule has 0 radical (unpaired) electrons. The fourth-order valence-corrected chi connectivity index (χ4v) is 5.19. The normalized spacial score (nSPS) is 16.9. The van der Waals surface area contributed by atoms with Gasteiger partial charge in [-0.05, 0) is 51.1 Å². The third kappa shape index (κ3) is 7.87. The highest BCUT2D eigenvalue weighted by atomic mass is 32.3. The van der Waals surface area contributed by atoms with Crippen molar-refractivity contribution in [1.29, 1.82) is 0 Å². The van der Waals surface area contributed by atoms with Gasteiger partial charge in [-0.3, -0.25) is 14.1 Å². The number of imidazole rings is 1. The number of aromatic nitrogens is 3. The molecule has 1 aliphatic heterocycles. The number of carboxylic acid groups (broad SMARTS) is 1. The first-order valence-electron chi connectivity index (χ1n) is 13.4. The molecule has 1 aromatic carbocycles. The van der Waals surface area contributed by atoms with Gasteiger partial charge in [0.2, 0.25) is 5.95 Å². The maximum Gasteiger partial charge on any atom is 0.418 e. The van der Waals surface area contributed by atoms with E-state index in [4.69, 9.17) is 31.3 Å². The van der Waals surface area contributed by atoms with Crippen molar-refractivity contribution in [2.45, 2.75) is 44.5 Å². The lowest BCUT2D eigenvalue weighted by Crippen LogP contribution is -2.76. The number of nitrogens with zero attached hydrogens (tertiary/aromatic N) is 5. The third-order valence-electron chi connectivity index (χ3n) is 6.61. The van der Waals surface area contributed by atoms with E-state index in [2.05, 4.69) is 24.7 Å². The van der Waals surface area contributed by atoms with E-state index in [1.807, 2.05) is 0 Å². The summed E-state index contributed by atoms with van der Waals surface area (Å²) < 4.78 is 42.7. The predicted molar refractivity (Wildman–Crippen MR) is 162 cm³/mol. The topological polar surface area (TPSA) is 290 Å². The van der Waals surface area contributed by atoms with Gasteiger partial charge in [0, 0.05) is 23.7 Å². The van der Waals surface area contributed by atoms with Crippen molar-refractivity contribution in [3.63, 3.8) is 0 Å². The fraction of sp³-hybridized carbons (Fsp3) is 0.360. The molecular formula is C25H31N9O10S2. The molecule has 1 aliphatic rings. The zero-order valence-electron chi connectivity index (χ0n) is 24.4. The summed E-state index contributed by atoms with van der Waals surface area (Å²) >= 11 is 0.951. The van der Waals surface area contributed by atoms with Gasteiger partial charge in [0.1, 0.15) is 24.1 Å². The Morgan fingerprint density at radius 3 is 2.48 bits per heavy atom. The van der Waals surface area contributed by atoms with Crippen LogP contribution in [0.1, 0.15) is 26.0 Å². The number of nitrogens with one attached hydrogen (secondary N) is 1. The second kappa shape index (κ2) is 13.7. The number of amides is 2. The molecule has 3 heterocycles. The molecule has 4 rings (SSSR count). The van der Waals surface area contributed by atoms with Crippen LogP contribution in [0, 0.1) is 0 Å². The molecule has 46 heavy (non-hydrogen) atoms. The van der Waals surface area contributed by atoms with E-state index in [1.165, 1.54) is 19.2 Å². The first kappa shape index (κ1) is 34.1. The molecule has 0 bridgehead atoms. The van der Waals surface area contributed by atoms with Gasteiger partial charge in [0.05, 0.1) is 11.2 Å². The quantitative estimate of drug-likeness (QED) is 0.0515. The number of hydroxylamine groups is 2. The van der Waals surface area contributed by atoms with E-state index in [-0.39, 0.29) is 10.8 Å². The standard InChI is InChI=1S/C25H31N9O10S2/c1-25(2)19(21(36)34(25)44-46(39,40)41)31-20(35)18(16-12-45-24(28)30-16)32-43-17(22(37)38)11-42-14-6-4-13(5-7-14)15-10-33(9-3-8-26)23(27)29-15/h4-7,10,12,17,19H,3,8-9,11,26H2,1-2H3,(H2,27,29)(H2,28,30)(H,31,35)(H,37,38)(H,39,40,41)/b32-18-/t17?,19-/m1/s1. The fourth-order valence-electron chi connectivity index (χ4n) is 4.19. The molecule has 1 saturated heterocycles. The largest absolute Gasteiger partial charge is 0.489 e. The van der Waals surface area contributed by atoms with Crippen molar-refractivity contribution in [3.8, 4) is 17.0 Å². The summed E-state index contributed by atoms with van der Waals surface area (Å²) in [5, 5.41) is 17.5. The van der Waals surface area contributed by atoms with E-state index >= 15 is 0 Å². The molecule has 2 atom stereocenters. The van der Waals surface area contributed by atoms with Crippen LogP contribution in [0.5, 0.6) is 5.75 Å². The molecule has 1 unspecified atom stereocenters. The van der Waals surface area contributed by atoms with E-state index < -0.39 is 58.2 Å². The van der Waals surface area contributed by atoms with Crippen LogP contribution in [0.4, 0.5) is 11.1 Å². The number of aliphatic carboxylic acids is 1. The number of anilines is 2. The number of ether oxygens (including phenoxy) is 1. The maximum absolute atomic E-state index is 13.2. The molecule has 1 fully saturated rings.